The van der Waals surface area contributed by atoms with Crippen LogP contribution in [0.25, 0.3) is 0 Å². The Morgan fingerprint density at radius 3 is 2.62 bits per heavy atom. The second-order valence-corrected chi connectivity index (χ2v) is 7.79. The van der Waals surface area contributed by atoms with E-state index in [9.17, 15) is 9.59 Å². The molecule has 1 saturated carbocycles. The molecule has 0 radical (unpaired) electrons. The number of amides is 3. The minimum Gasteiger partial charge on any atom is -0.479 e. The van der Waals surface area contributed by atoms with Crippen LogP contribution in [0.15, 0.2) is 48.5 Å². The molecule has 0 saturated heterocycles. The van der Waals surface area contributed by atoms with E-state index in [4.69, 9.17) is 4.74 Å². The minimum atomic E-state index is -0.542. The summed E-state index contributed by atoms with van der Waals surface area (Å²) in [7, 11) is 0. The highest BCUT2D eigenvalue weighted by Crippen LogP contribution is 2.37. The topological polar surface area (TPSA) is 70.7 Å². The number of benzene rings is 2. The van der Waals surface area contributed by atoms with Crippen LogP contribution >= 0.6 is 0 Å². The van der Waals surface area contributed by atoms with Crippen molar-refractivity contribution in [3.05, 3.63) is 54.1 Å². The lowest BCUT2D eigenvalue weighted by Gasteiger charge is -2.33. The zero-order valence-corrected chi connectivity index (χ0v) is 16.7. The van der Waals surface area contributed by atoms with E-state index < -0.39 is 6.10 Å². The second kappa shape index (κ2) is 8.55. The molecular weight excluding hydrogens is 366 g/mol. The van der Waals surface area contributed by atoms with Crippen LogP contribution in [-0.4, -0.2) is 24.1 Å². The molecular formula is C23H27N3O3. The molecule has 29 heavy (non-hydrogen) atoms. The van der Waals surface area contributed by atoms with Gasteiger partial charge in [-0.1, -0.05) is 49.6 Å². The predicted octanol–water partition coefficient (Wildman–Crippen LogP) is 4.45. The fourth-order valence-corrected chi connectivity index (χ4v) is 4.01. The largest absolute Gasteiger partial charge is 0.479 e. The Morgan fingerprint density at radius 2 is 1.86 bits per heavy atom. The second-order valence-electron chi connectivity index (χ2n) is 7.79. The maximum absolute atomic E-state index is 12.8. The molecule has 1 heterocycles. The van der Waals surface area contributed by atoms with Gasteiger partial charge in [0.25, 0.3) is 5.91 Å². The Hall–Kier alpha value is -3.02. The van der Waals surface area contributed by atoms with Crippen LogP contribution in [0, 0.1) is 0 Å². The molecule has 1 atom stereocenters. The fraction of sp³-hybridized carbons (Fsp3) is 0.391. The molecule has 3 amide bonds. The Bertz CT molecular complexity index is 878. The first-order valence-electron chi connectivity index (χ1n) is 10.3. The molecule has 2 aliphatic rings. The summed E-state index contributed by atoms with van der Waals surface area (Å²) in [6.07, 6.45) is 5.09. The molecule has 1 fully saturated rings. The van der Waals surface area contributed by atoms with Crippen molar-refractivity contribution in [2.45, 2.75) is 57.7 Å². The lowest BCUT2D eigenvalue weighted by Crippen LogP contribution is -2.44. The van der Waals surface area contributed by atoms with Crippen molar-refractivity contribution in [2.24, 2.45) is 0 Å². The quantitative estimate of drug-likeness (QED) is 0.806. The Kier molecular flexibility index (Phi) is 5.69. The van der Waals surface area contributed by atoms with E-state index in [1.807, 2.05) is 48.5 Å². The maximum Gasteiger partial charge on any atom is 0.319 e. The number of ether oxygens (including phenoxy) is 1. The summed E-state index contributed by atoms with van der Waals surface area (Å²) in [5.41, 5.74) is 2.35. The van der Waals surface area contributed by atoms with E-state index in [1.165, 1.54) is 6.42 Å². The third kappa shape index (κ3) is 4.53. The molecule has 1 aliphatic heterocycles. The van der Waals surface area contributed by atoms with Gasteiger partial charge in [-0.25, -0.2) is 4.79 Å². The van der Waals surface area contributed by atoms with Crippen molar-refractivity contribution < 1.29 is 14.3 Å². The molecule has 152 valence electrons. The van der Waals surface area contributed by atoms with Crippen LogP contribution in [0.3, 0.4) is 0 Å². The summed E-state index contributed by atoms with van der Waals surface area (Å²) < 4.78 is 5.77. The first kappa shape index (κ1) is 19.3. The van der Waals surface area contributed by atoms with Crippen LogP contribution < -0.4 is 20.3 Å². The minimum absolute atomic E-state index is 0.0924. The summed E-state index contributed by atoms with van der Waals surface area (Å²) >= 11 is 0. The number of nitrogens with one attached hydrogen (secondary N) is 2. The average molecular weight is 393 g/mol. The van der Waals surface area contributed by atoms with Crippen molar-refractivity contribution in [1.82, 2.24) is 5.32 Å². The van der Waals surface area contributed by atoms with Crippen LogP contribution in [0.2, 0.25) is 0 Å². The highest BCUT2D eigenvalue weighted by molar-refractivity contribution is 6.01. The summed E-state index contributed by atoms with van der Waals surface area (Å²) in [5.74, 6) is 0.552. The van der Waals surface area contributed by atoms with E-state index in [1.54, 1.807) is 11.8 Å². The first-order chi connectivity index (χ1) is 14.1. The van der Waals surface area contributed by atoms with E-state index in [0.29, 0.717) is 23.7 Å². The van der Waals surface area contributed by atoms with Crippen LogP contribution in [0.1, 0.15) is 44.6 Å². The van der Waals surface area contributed by atoms with E-state index in [-0.39, 0.29) is 18.0 Å². The van der Waals surface area contributed by atoms with Gasteiger partial charge in [-0.2, -0.15) is 0 Å². The molecule has 2 N–H and O–H groups in total. The summed E-state index contributed by atoms with van der Waals surface area (Å²) in [6, 6.07) is 15.3. The van der Waals surface area contributed by atoms with Gasteiger partial charge in [-0.05, 0) is 43.5 Å². The zero-order valence-electron chi connectivity index (χ0n) is 16.7. The van der Waals surface area contributed by atoms with Crippen molar-refractivity contribution in [1.29, 1.82) is 0 Å². The Labute approximate surface area is 171 Å². The smallest absolute Gasteiger partial charge is 0.319 e. The normalized spacial score (nSPS) is 19.3. The average Bonchev–Trinajstić information content (AvgIpc) is 2.73. The number of nitrogens with zero attached hydrogens (tertiary/aromatic N) is 1. The Morgan fingerprint density at radius 1 is 1.10 bits per heavy atom. The molecule has 1 aliphatic carbocycles. The first-order valence-corrected chi connectivity index (χ1v) is 10.3. The van der Waals surface area contributed by atoms with Crippen LogP contribution in [0.5, 0.6) is 5.75 Å². The number of carbonyl (C=O) groups is 2. The summed E-state index contributed by atoms with van der Waals surface area (Å²) in [6.45, 7) is 2.21. The number of carbonyl (C=O) groups excluding carboxylic acids is 2. The lowest BCUT2D eigenvalue weighted by atomic mass is 9.96. The van der Waals surface area contributed by atoms with E-state index in [0.717, 1.165) is 31.2 Å². The number of fused-ring (bicyclic) bond motifs is 1. The van der Waals surface area contributed by atoms with E-state index in [2.05, 4.69) is 10.6 Å². The summed E-state index contributed by atoms with van der Waals surface area (Å²) in [5, 5.41) is 5.96. The SMILES string of the molecule is CC1Oc2ccc(NC(=O)NC3CCCCC3)cc2N(Cc2ccccc2)C1=O. The monoisotopic (exact) mass is 393 g/mol. The van der Waals surface area contributed by atoms with Gasteiger partial charge in [0.15, 0.2) is 6.10 Å². The zero-order chi connectivity index (χ0) is 20.2. The van der Waals surface area contributed by atoms with Gasteiger partial charge in [0.1, 0.15) is 5.75 Å². The number of rotatable bonds is 4. The Balaban J connectivity index is 1.52. The number of urea groups is 1. The van der Waals surface area contributed by atoms with Gasteiger partial charge in [-0.15, -0.1) is 0 Å². The van der Waals surface area contributed by atoms with Crippen molar-refractivity contribution in [3.63, 3.8) is 0 Å². The van der Waals surface area contributed by atoms with Gasteiger partial charge in [0.2, 0.25) is 0 Å². The van der Waals surface area contributed by atoms with Gasteiger partial charge < -0.3 is 20.3 Å². The molecule has 2 aromatic rings. The van der Waals surface area contributed by atoms with Gasteiger partial charge in [0, 0.05) is 11.7 Å². The molecule has 2 aromatic carbocycles. The third-order valence-electron chi connectivity index (χ3n) is 5.55. The number of hydrogen-bond donors (Lipinski definition) is 2. The highest BCUT2D eigenvalue weighted by atomic mass is 16.5. The van der Waals surface area contributed by atoms with Crippen molar-refractivity contribution >= 4 is 23.3 Å². The molecule has 4 rings (SSSR count). The van der Waals surface area contributed by atoms with Crippen molar-refractivity contribution in [3.8, 4) is 5.75 Å². The third-order valence-corrected chi connectivity index (χ3v) is 5.55. The van der Waals surface area contributed by atoms with Gasteiger partial charge in [0.05, 0.1) is 12.2 Å². The molecule has 6 heteroatoms. The highest BCUT2D eigenvalue weighted by Gasteiger charge is 2.32. The number of hydrogen-bond acceptors (Lipinski definition) is 3. The molecule has 0 bridgehead atoms. The lowest BCUT2D eigenvalue weighted by molar-refractivity contribution is -0.125. The predicted molar refractivity (Wildman–Crippen MR) is 113 cm³/mol. The summed E-state index contributed by atoms with van der Waals surface area (Å²) in [4.78, 5) is 26.9. The van der Waals surface area contributed by atoms with Crippen LogP contribution in [-0.2, 0) is 11.3 Å². The van der Waals surface area contributed by atoms with Gasteiger partial charge >= 0.3 is 6.03 Å². The molecule has 0 aromatic heterocycles. The molecule has 1 unspecified atom stereocenters. The molecule has 0 spiro atoms. The van der Waals surface area contributed by atoms with Gasteiger partial charge in [-0.3, -0.25) is 4.79 Å². The maximum atomic E-state index is 12.8. The van der Waals surface area contributed by atoms with E-state index >= 15 is 0 Å². The van der Waals surface area contributed by atoms with Crippen molar-refractivity contribution in [2.75, 3.05) is 10.2 Å². The fourth-order valence-electron chi connectivity index (χ4n) is 4.01. The van der Waals surface area contributed by atoms with Crippen LogP contribution in [0.4, 0.5) is 16.2 Å². The molecule has 6 nitrogen and oxygen atoms in total. The standard InChI is InChI=1S/C23H27N3O3/c1-16-22(27)26(15-17-8-4-2-5-9-17)20-14-19(12-13-21(20)29-16)25-23(28)24-18-10-6-3-7-11-18/h2,4-5,8-9,12-14,16,18H,3,6-7,10-11,15H2,1H3,(H2,24,25,28). The number of anilines is 2.